The smallest absolute Gasteiger partial charge is 0.226 e. The molecule has 2 unspecified atom stereocenters. The van der Waals surface area contributed by atoms with Gasteiger partial charge in [0, 0.05) is 33.4 Å². The highest BCUT2D eigenvalue weighted by atomic mass is 16.5. The Bertz CT molecular complexity index is 227. The molecule has 1 aliphatic heterocycles. The lowest BCUT2D eigenvalue weighted by Crippen LogP contribution is -2.42. The molecule has 0 radical (unpaired) electrons. The Morgan fingerprint density at radius 1 is 1.35 bits per heavy atom. The van der Waals surface area contributed by atoms with E-state index in [9.17, 15) is 4.79 Å². The van der Waals surface area contributed by atoms with E-state index < -0.39 is 0 Å². The molecule has 1 saturated heterocycles. The molecule has 2 atom stereocenters. The van der Waals surface area contributed by atoms with E-state index in [4.69, 9.17) is 10.5 Å². The van der Waals surface area contributed by atoms with Crippen LogP contribution in [0.5, 0.6) is 0 Å². The van der Waals surface area contributed by atoms with Crippen molar-refractivity contribution in [1.29, 1.82) is 0 Å². The maximum atomic E-state index is 12.3. The number of hydrogen-bond donors (Lipinski definition) is 1. The fourth-order valence-electron chi connectivity index (χ4n) is 2.51. The van der Waals surface area contributed by atoms with Crippen LogP contribution in [0.1, 0.15) is 32.6 Å². The fraction of sp³-hybridized carbons (Fsp3) is 0.923. The molecule has 4 nitrogen and oxygen atoms in total. The summed E-state index contributed by atoms with van der Waals surface area (Å²) in [5.74, 6) is 0.607. The normalized spacial score (nSPS) is 20.1. The van der Waals surface area contributed by atoms with E-state index in [1.54, 1.807) is 7.11 Å². The fourth-order valence-corrected chi connectivity index (χ4v) is 2.51. The first-order chi connectivity index (χ1) is 8.19. The van der Waals surface area contributed by atoms with E-state index in [-0.39, 0.29) is 11.8 Å². The lowest BCUT2D eigenvalue weighted by Gasteiger charge is -2.30. The van der Waals surface area contributed by atoms with E-state index in [1.807, 2.05) is 4.90 Å². The van der Waals surface area contributed by atoms with Crippen LogP contribution in [-0.4, -0.2) is 44.2 Å². The van der Waals surface area contributed by atoms with E-state index in [1.165, 1.54) is 6.42 Å². The Hall–Kier alpha value is -0.610. The largest absolute Gasteiger partial charge is 0.384 e. The maximum absolute atomic E-state index is 12.3. The van der Waals surface area contributed by atoms with Crippen LogP contribution in [0.15, 0.2) is 0 Å². The van der Waals surface area contributed by atoms with Crippen molar-refractivity contribution in [1.82, 2.24) is 4.90 Å². The van der Waals surface area contributed by atoms with Crippen molar-refractivity contribution in [2.24, 2.45) is 17.6 Å². The number of ether oxygens (including phenoxy) is 1. The Morgan fingerprint density at radius 3 is 2.53 bits per heavy atom. The molecule has 0 bridgehead atoms. The van der Waals surface area contributed by atoms with Crippen LogP contribution in [0.3, 0.4) is 0 Å². The first-order valence-electron chi connectivity index (χ1n) is 6.66. The van der Waals surface area contributed by atoms with Gasteiger partial charge in [-0.05, 0) is 31.6 Å². The second-order valence-electron chi connectivity index (χ2n) is 5.11. The van der Waals surface area contributed by atoms with E-state index in [0.717, 1.165) is 32.4 Å². The lowest BCUT2D eigenvalue weighted by molar-refractivity contribution is -0.136. The Kier molecular flexibility index (Phi) is 6.52. The van der Waals surface area contributed by atoms with Gasteiger partial charge in [0.1, 0.15) is 0 Å². The van der Waals surface area contributed by atoms with Crippen LogP contribution >= 0.6 is 0 Å². The average Bonchev–Trinajstić information content (AvgIpc) is 2.36. The van der Waals surface area contributed by atoms with Gasteiger partial charge in [-0.3, -0.25) is 4.79 Å². The molecule has 0 aromatic carbocycles. The maximum Gasteiger partial charge on any atom is 0.226 e. The zero-order valence-electron chi connectivity index (χ0n) is 11.2. The summed E-state index contributed by atoms with van der Waals surface area (Å²) in [6.45, 7) is 5.07. The number of amides is 1. The molecule has 0 aromatic rings. The first kappa shape index (κ1) is 14.5. The number of rotatable bonds is 6. The summed E-state index contributed by atoms with van der Waals surface area (Å²) in [6, 6.07) is 0. The zero-order chi connectivity index (χ0) is 12.7. The number of piperidine rings is 1. The summed E-state index contributed by atoms with van der Waals surface area (Å²) in [5.41, 5.74) is 5.74. The third-order valence-electron chi connectivity index (χ3n) is 3.44. The van der Waals surface area contributed by atoms with Crippen molar-refractivity contribution >= 4 is 5.91 Å². The highest BCUT2D eigenvalue weighted by Crippen LogP contribution is 2.17. The van der Waals surface area contributed by atoms with Gasteiger partial charge in [0.15, 0.2) is 0 Å². The van der Waals surface area contributed by atoms with E-state index in [2.05, 4.69) is 6.92 Å². The quantitative estimate of drug-likeness (QED) is 0.762. The van der Waals surface area contributed by atoms with Crippen LogP contribution in [0.4, 0.5) is 0 Å². The molecule has 2 N–H and O–H groups in total. The number of likely N-dealkylation sites (tertiary alicyclic amines) is 1. The van der Waals surface area contributed by atoms with Gasteiger partial charge >= 0.3 is 0 Å². The Labute approximate surface area is 104 Å². The highest BCUT2D eigenvalue weighted by Gasteiger charge is 2.25. The van der Waals surface area contributed by atoms with Gasteiger partial charge < -0.3 is 15.4 Å². The van der Waals surface area contributed by atoms with Crippen LogP contribution in [0, 0.1) is 11.8 Å². The molecule has 1 rings (SSSR count). The molecule has 1 heterocycles. The molecule has 1 fully saturated rings. The molecule has 1 aliphatic rings. The van der Waals surface area contributed by atoms with E-state index in [0.29, 0.717) is 19.1 Å². The minimum absolute atomic E-state index is 0.0294. The predicted octanol–water partition coefficient (Wildman–Crippen LogP) is 1.25. The van der Waals surface area contributed by atoms with Crippen molar-refractivity contribution < 1.29 is 9.53 Å². The molecule has 100 valence electrons. The zero-order valence-corrected chi connectivity index (χ0v) is 11.2. The first-order valence-corrected chi connectivity index (χ1v) is 6.66. The molecule has 4 heteroatoms. The van der Waals surface area contributed by atoms with Crippen LogP contribution in [0.25, 0.3) is 0 Å². The number of hydrogen-bond acceptors (Lipinski definition) is 3. The number of carbonyl (C=O) groups excluding carboxylic acids is 1. The molecule has 0 aliphatic carbocycles. The summed E-state index contributed by atoms with van der Waals surface area (Å²) in [5, 5.41) is 0. The van der Waals surface area contributed by atoms with Gasteiger partial charge in [-0.1, -0.05) is 6.92 Å². The third kappa shape index (κ3) is 4.64. The van der Waals surface area contributed by atoms with Gasteiger partial charge in [0.25, 0.3) is 0 Å². The standard InChI is InChI=1S/C13H26N2O2/c1-11(10-17-2)8-12(9-14)13(16)15-6-4-3-5-7-15/h11-12H,3-10,14H2,1-2H3. The van der Waals surface area contributed by atoms with Gasteiger partial charge in [-0.25, -0.2) is 0 Å². The molecule has 0 spiro atoms. The summed E-state index contributed by atoms with van der Waals surface area (Å²) < 4.78 is 5.11. The number of nitrogens with zero attached hydrogens (tertiary/aromatic N) is 1. The van der Waals surface area contributed by atoms with Crippen molar-refractivity contribution in [3.05, 3.63) is 0 Å². The highest BCUT2D eigenvalue weighted by molar-refractivity contribution is 5.79. The Morgan fingerprint density at radius 2 is 2.00 bits per heavy atom. The van der Waals surface area contributed by atoms with Crippen molar-refractivity contribution in [3.8, 4) is 0 Å². The summed E-state index contributed by atoms with van der Waals surface area (Å²) in [7, 11) is 1.69. The van der Waals surface area contributed by atoms with Gasteiger partial charge in [-0.2, -0.15) is 0 Å². The van der Waals surface area contributed by atoms with Crippen LogP contribution < -0.4 is 5.73 Å². The van der Waals surface area contributed by atoms with E-state index >= 15 is 0 Å². The summed E-state index contributed by atoms with van der Waals surface area (Å²) >= 11 is 0. The molecule has 17 heavy (non-hydrogen) atoms. The van der Waals surface area contributed by atoms with Crippen molar-refractivity contribution in [3.63, 3.8) is 0 Å². The minimum atomic E-state index is -0.0294. The van der Waals surface area contributed by atoms with Gasteiger partial charge in [-0.15, -0.1) is 0 Å². The van der Waals surface area contributed by atoms with Crippen molar-refractivity contribution in [2.75, 3.05) is 33.4 Å². The molecule has 1 amide bonds. The van der Waals surface area contributed by atoms with Crippen molar-refractivity contribution in [2.45, 2.75) is 32.6 Å². The average molecular weight is 242 g/mol. The topological polar surface area (TPSA) is 55.6 Å². The minimum Gasteiger partial charge on any atom is -0.384 e. The molecule has 0 aromatic heterocycles. The summed E-state index contributed by atoms with van der Waals surface area (Å²) in [4.78, 5) is 14.3. The second kappa shape index (κ2) is 7.67. The molecular formula is C13H26N2O2. The lowest BCUT2D eigenvalue weighted by atomic mass is 9.94. The number of nitrogens with two attached hydrogens (primary N) is 1. The third-order valence-corrected chi connectivity index (χ3v) is 3.44. The molecular weight excluding hydrogens is 216 g/mol. The van der Waals surface area contributed by atoms with Crippen LogP contribution in [-0.2, 0) is 9.53 Å². The number of methoxy groups -OCH3 is 1. The SMILES string of the molecule is COCC(C)CC(CN)C(=O)N1CCCCC1. The molecule has 0 saturated carbocycles. The van der Waals surface area contributed by atoms with Crippen LogP contribution in [0.2, 0.25) is 0 Å². The van der Waals surface area contributed by atoms with Gasteiger partial charge in [0.2, 0.25) is 5.91 Å². The Balaban J connectivity index is 2.44. The summed E-state index contributed by atoms with van der Waals surface area (Å²) in [6.07, 6.45) is 4.35. The monoisotopic (exact) mass is 242 g/mol. The second-order valence-corrected chi connectivity index (χ2v) is 5.11. The number of carbonyl (C=O) groups is 1. The predicted molar refractivity (Wildman–Crippen MR) is 68.6 cm³/mol. The van der Waals surface area contributed by atoms with Gasteiger partial charge in [0.05, 0.1) is 5.92 Å².